The van der Waals surface area contributed by atoms with Gasteiger partial charge in [0, 0.05) is 49.6 Å². The minimum atomic E-state index is -0.0293. The highest BCUT2D eigenvalue weighted by Crippen LogP contribution is 2.34. The van der Waals surface area contributed by atoms with Gasteiger partial charge in [0.05, 0.1) is 5.39 Å². The summed E-state index contributed by atoms with van der Waals surface area (Å²) in [5, 5.41) is 4.05. The van der Waals surface area contributed by atoms with Crippen molar-refractivity contribution in [2.45, 2.75) is 47.5 Å². The van der Waals surface area contributed by atoms with E-state index in [1.54, 1.807) is 16.2 Å². The van der Waals surface area contributed by atoms with Crippen LogP contribution < -0.4 is 10.2 Å². The van der Waals surface area contributed by atoms with Crippen molar-refractivity contribution in [3.63, 3.8) is 0 Å². The van der Waals surface area contributed by atoms with E-state index in [0.717, 1.165) is 33.9 Å². The summed E-state index contributed by atoms with van der Waals surface area (Å²) in [6.45, 7) is 12.8. The number of allylic oxidation sites excluding steroid dienone is 1. The van der Waals surface area contributed by atoms with Gasteiger partial charge in [-0.05, 0) is 39.7 Å². The molecule has 0 unspecified atom stereocenters. The average molecular weight is 430 g/mol. The quantitative estimate of drug-likeness (QED) is 0.759. The van der Waals surface area contributed by atoms with Crippen LogP contribution in [0.3, 0.4) is 0 Å². The van der Waals surface area contributed by atoms with Crippen LogP contribution in [0.25, 0.3) is 10.2 Å². The van der Waals surface area contributed by atoms with Crippen molar-refractivity contribution >= 4 is 39.2 Å². The predicted molar refractivity (Wildman–Crippen MR) is 122 cm³/mol. The number of anilines is 1. The molecule has 2 amide bonds. The Morgan fingerprint density at radius 1 is 1.17 bits per heavy atom. The Bertz CT molecular complexity index is 982. The number of thiophene rings is 1. The van der Waals surface area contributed by atoms with E-state index in [2.05, 4.69) is 29.0 Å². The van der Waals surface area contributed by atoms with E-state index in [1.165, 1.54) is 10.4 Å². The molecule has 1 N–H and O–H groups in total. The van der Waals surface area contributed by atoms with E-state index in [9.17, 15) is 9.59 Å². The maximum atomic E-state index is 12.9. The highest BCUT2D eigenvalue weighted by Gasteiger charge is 2.23. The van der Waals surface area contributed by atoms with Gasteiger partial charge in [0.2, 0.25) is 11.8 Å². The first-order chi connectivity index (χ1) is 14.3. The van der Waals surface area contributed by atoms with E-state index in [1.807, 2.05) is 26.8 Å². The van der Waals surface area contributed by atoms with Crippen LogP contribution in [0.5, 0.6) is 0 Å². The van der Waals surface area contributed by atoms with Crippen molar-refractivity contribution in [3.8, 4) is 0 Å². The summed E-state index contributed by atoms with van der Waals surface area (Å²) >= 11 is 1.68. The fraction of sp³-hybridized carbons (Fsp3) is 0.545. The van der Waals surface area contributed by atoms with E-state index in [4.69, 9.17) is 4.98 Å². The lowest BCUT2D eigenvalue weighted by Crippen LogP contribution is -2.45. The van der Waals surface area contributed by atoms with Crippen molar-refractivity contribution in [2.24, 2.45) is 0 Å². The number of hydrogen-bond donors (Lipinski definition) is 1. The number of nitrogens with one attached hydrogen (secondary N) is 1. The highest BCUT2D eigenvalue weighted by molar-refractivity contribution is 7.18. The molecule has 0 bridgehead atoms. The fourth-order valence-corrected chi connectivity index (χ4v) is 4.81. The summed E-state index contributed by atoms with van der Waals surface area (Å²) in [6, 6.07) is 0. The number of nitrogens with zero attached hydrogens (tertiary/aromatic N) is 4. The fourth-order valence-electron chi connectivity index (χ4n) is 3.74. The number of hydrogen-bond acceptors (Lipinski definition) is 6. The molecule has 0 aliphatic carbocycles. The molecule has 3 heterocycles. The molecule has 2 aromatic rings. The maximum Gasteiger partial charge on any atom is 0.249 e. The molecule has 1 aliphatic rings. The summed E-state index contributed by atoms with van der Waals surface area (Å²) in [5.41, 5.74) is 1.92. The van der Waals surface area contributed by atoms with Gasteiger partial charge in [-0.25, -0.2) is 9.97 Å². The number of rotatable bonds is 3. The lowest BCUT2D eigenvalue weighted by Gasteiger charge is -2.31. The number of carbonyl (C=O) groups is 2. The molecule has 1 aliphatic heterocycles. The first kappa shape index (κ1) is 22.2. The normalized spacial score (nSPS) is 16.7. The molecule has 162 valence electrons. The van der Waals surface area contributed by atoms with Crippen molar-refractivity contribution in [3.05, 3.63) is 27.9 Å². The second-order valence-electron chi connectivity index (χ2n) is 7.73. The largest absolute Gasteiger partial charge is 0.354 e. The molecule has 1 fully saturated rings. The van der Waals surface area contributed by atoms with Gasteiger partial charge in [0.25, 0.3) is 0 Å². The Hall–Kier alpha value is -2.48. The van der Waals surface area contributed by atoms with Gasteiger partial charge in [-0.15, -0.1) is 11.3 Å². The van der Waals surface area contributed by atoms with E-state index < -0.39 is 0 Å². The van der Waals surface area contributed by atoms with Crippen LogP contribution in [0.15, 0.2) is 11.6 Å². The molecule has 0 aromatic carbocycles. The first-order valence-electron chi connectivity index (χ1n) is 10.5. The number of aromatic nitrogens is 2. The molecule has 0 atom stereocenters. The smallest absolute Gasteiger partial charge is 0.249 e. The lowest BCUT2D eigenvalue weighted by molar-refractivity contribution is -0.128. The predicted octanol–water partition coefficient (Wildman–Crippen LogP) is 3.13. The standard InChI is InChI=1S/C22H31N5O2S/c1-6-7-14(2)22(29)27-10-8-18(28)23-9-11-26(12-13-27)20-19-15(3)16(4)30-21(19)25-17(5)24-20/h7H,6,8-13H2,1-5H3,(H,23,28)/b14-7+. The third-order valence-corrected chi connectivity index (χ3v) is 6.61. The van der Waals surface area contributed by atoms with Crippen LogP contribution in [0.1, 0.15) is 43.0 Å². The minimum Gasteiger partial charge on any atom is -0.354 e. The van der Waals surface area contributed by atoms with Crippen LogP contribution in [-0.2, 0) is 9.59 Å². The van der Waals surface area contributed by atoms with Crippen LogP contribution in [-0.4, -0.2) is 59.4 Å². The molecule has 0 saturated carbocycles. The zero-order valence-corrected chi connectivity index (χ0v) is 19.4. The molecular formula is C22H31N5O2S. The number of fused-ring (bicyclic) bond motifs is 1. The van der Waals surface area contributed by atoms with Gasteiger partial charge in [-0.1, -0.05) is 13.0 Å². The average Bonchev–Trinajstić information content (AvgIpc) is 2.99. The van der Waals surface area contributed by atoms with Crippen LogP contribution in [0.4, 0.5) is 5.82 Å². The lowest BCUT2D eigenvalue weighted by atomic mass is 10.2. The summed E-state index contributed by atoms with van der Waals surface area (Å²) in [5.74, 6) is 1.59. The minimum absolute atomic E-state index is 0.00301. The second-order valence-corrected chi connectivity index (χ2v) is 8.94. The summed E-state index contributed by atoms with van der Waals surface area (Å²) in [4.78, 5) is 40.7. The molecule has 0 radical (unpaired) electrons. The van der Waals surface area contributed by atoms with Gasteiger partial charge >= 0.3 is 0 Å². The van der Waals surface area contributed by atoms with E-state index >= 15 is 0 Å². The number of carbonyl (C=O) groups excluding carboxylic acids is 2. The van der Waals surface area contributed by atoms with Gasteiger partial charge in [-0.2, -0.15) is 0 Å². The van der Waals surface area contributed by atoms with Crippen molar-refractivity contribution < 1.29 is 9.59 Å². The van der Waals surface area contributed by atoms with Gasteiger partial charge in [0.1, 0.15) is 16.5 Å². The topological polar surface area (TPSA) is 78.4 Å². The van der Waals surface area contributed by atoms with Crippen molar-refractivity contribution in [1.29, 1.82) is 0 Å². The molecule has 30 heavy (non-hydrogen) atoms. The Balaban J connectivity index is 1.95. The first-order valence-corrected chi connectivity index (χ1v) is 11.4. The van der Waals surface area contributed by atoms with Crippen molar-refractivity contribution in [2.75, 3.05) is 37.6 Å². The summed E-state index contributed by atoms with van der Waals surface area (Å²) in [7, 11) is 0. The van der Waals surface area contributed by atoms with Crippen LogP contribution >= 0.6 is 11.3 Å². The Morgan fingerprint density at radius 2 is 1.93 bits per heavy atom. The molecule has 8 heteroatoms. The zero-order valence-electron chi connectivity index (χ0n) is 18.5. The number of aryl methyl sites for hydroxylation is 3. The molecule has 3 rings (SSSR count). The van der Waals surface area contributed by atoms with E-state index in [0.29, 0.717) is 39.1 Å². The Kier molecular flexibility index (Phi) is 7.07. The SMILES string of the molecule is CC/C=C(\C)C(=O)N1CCC(=O)NCCN(c2nc(C)nc3sc(C)c(C)c23)CC1. The monoisotopic (exact) mass is 429 g/mol. The maximum absolute atomic E-state index is 12.9. The third-order valence-electron chi connectivity index (χ3n) is 5.51. The molecule has 1 saturated heterocycles. The molecular weight excluding hydrogens is 398 g/mol. The van der Waals surface area contributed by atoms with Gasteiger partial charge in [-0.3, -0.25) is 9.59 Å². The second kappa shape index (κ2) is 9.55. The summed E-state index contributed by atoms with van der Waals surface area (Å²) < 4.78 is 0. The molecule has 0 spiro atoms. The Morgan fingerprint density at radius 3 is 2.67 bits per heavy atom. The summed E-state index contributed by atoms with van der Waals surface area (Å²) in [6.07, 6.45) is 3.08. The Labute approximate surface area is 182 Å². The highest BCUT2D eigenvalue weighted by atomic mass is 32.1. The van der Waals surface area contributed by atoms with Crippen LogP contribution in [0.2, 0.25) is 0 Å². The van der Waals surface area contributed by atoms with Crippen LogP contribution in [0, 0.1) is 20.8 Å². The third kappa shape index (κ3) is 4.80. The van der Waals surface area contributed by atoms with Gasteiger partial charge in [0.15, 0.2) is 0 Å². The number of amides is 2. The molecule has 7 nitrogen and oxygen atoms in total. The van der Waals surface area contributed by atoms with Gasteiger partial charge < -0.3 is 15.1 Å². The van der Waals surface area contributed by atoms with Crippen molar-refractivity contribution in [1.82, 2.24) is 20.2 Å². The van der Waals surface area contributed by atoms with E-state index in [-0.39, 0.29) is 11.8 Å². The molecule has 2 aromatic heterocycles. The zero-order chi connectivity index (χ0) is 21.8.